The van der Waals surface area contributed by atoms with Crippen LogP contribution in [-0.2, 0) is 12.4 Å². The predicted octanol–water partition coefficient (Wildman–Crippen LogP) is 3.41. The second-order valence-corrected chi connectivity index (χ2v) is 4.89. The van der Waals surface area contributed by atoms with Crippen LogP contribution < -0.4 is 0 Å². The SMILES string of the molecule is Fc1cc2c(cc1Cl)nc(CCl)n2Cc1cccnn1. The van der Waals surface area contributed by atoms with E-state index in [1.54, 1.807) is 12.3 Å². The zero-order valence-corrected chi connectivity index (χ0v) is 11.7. The van der Waals surface area contributed by atoms with Crippen molar-refractivity contribution in [3.63, 3.8) is 0 Å². The number of hydrogen-bond donors (Lipinski definition) is 0. The number of benzene rings is 1. The van der Waals surface area contributed by atoms with E-state index >= 15 is 0 Å². The predicted molar refractivity (Wildman–Crippen MR) is 75.4 cm³/mol. The zero-order chi connectivity index (χ0) is 14.1. The van der Waals surface area contributed by atoms with Crippen molar-refractivity contribution in [2.75, 3.05) is 0 Å². The van der Waals surface area contributed by atoms with Crippen molar-refractivity contribution < 1.29 is 4.39 Å². The third-order valence-electron chi connectivity index (χ3n) is 2.94. The van der Waals surface area contributed by atoms with Gasteiger partial charge in [-0.1, -0.05) is 11.6 Å². The summed E-state index contributed by atoms with van der Waals surface area (Å²) >= 11 is 11.7. The molecular formula is C13H9Cl2FN4. The van der Waals surface area contributed by atoms with Gasteiger partial charge in [0.25, 0.3) is 0 Å². The molecule has 0 saturated carbocycles. The minimum atomic E-state index is -0.486. The standard InChI is InChI=1S/C13H9Cl2FN4/c14-6-13-18-11-4-9(15)10(16)5-12(11)20(13)7-8-2-1-3-17-19-8/h1-5H,6-7H2. The van der Waals surface area contributed by atoms with E-state index < -0.39 is 5.82 Å². The van der Waals surface area contributed by atoms with E-state index in [2.05, 4.69) is 15.2 Å². The molecular weight excluding hydrogens is 302 g/mol. The Morgan fingerprint density at radius 1 is 1.30 bits per heavy atom. The van der Waals surface area contributed by atoms with Gasteiger partial charge >= 0.3 is 0 Å². The van der Waals surface area contributed by atoms with Gasteiger partial charge in [-0.3, -0.25) is 0 Å². The molecule has 0 amide bonds. The topological polar surface area (TPSA) is 43.6 Å². The Bertz CT molecular complexity index is 758. The Labute approximate surface area is 124 Å². The lowest BCUT2D eigenvalue weighted by molar-refractivity contribution is 0.628. The van der Waals surface area contributed by atoms with Crippen LogP contribution >= 0.6 is 23.2 Å². The van der Waals surface area contributed by atoms with Gasteiger partial charge in [0.05, 0.1) is 34.2 Å². The molecule has 20 heavy (non-hydrogen) atoms. The number of halogens is 3. The van der Waals surface area contributed by atoms with Gasteiger partial charge in [0.2, 0.25) is 0 Å². The minimum absolute atomic E-state index is 0.0442. The van der Waals surface area contributed by atoms with Gasteiger partial charge in [0.1, 0.15) is 11.6 Å². The van der Waals surface area contributed by atoms with E-state index in [-0.39, 0.29) is 10.9 Å². The highest BCUT2D eigenvalue weighted by Crippen LogP contribution is 2.25. The number of hydrogen-bond acceptors (Lipinski definition) is 3. The van der Waals surface area contributed by atoms with Crippen molar-refractivity contribution in [1.82, 2.24) is 19.7 Å². The van der Waals surface area contributed by atoms with Crippen molar-refractivity contribution >= 4 is 34.2 Å². The van der Waals surface area contributed by atoms with E-state index in [0.717, 1.165) is 5.69 Å². The molecule has 4 nitrogen and oxygen atoms in total. The highest BCUT2D eigenvalue weighted by Gasteiger charge is 2.13. The van der Waals surface area contributed by atoms with E-state index in [4.69, 9.17) is 23.2 Å². The van der Waals surface area contributed by atoms with E-state index in [9.17, 15) is 4.39 Å². The molecule has 2 aromatic heterocycles. The largest absolute Gasteiger partial charge is 0.321 e. The molecule has 2 heterocycles. The average molecular weight is 311 g/mol. The molecule has 0 saturated heterocycles. The third-order valence-corrected chi connectivity index (χ3v) is 3.47. The van der Waals surface area contributed by atoms with Crippen LogP contribution in [0, 0.1) is 5.82 Å². The second kappa shape index (κ2) is 5.34. The van der Waals surface area contributed by atoms with Gasteiger partial charge < -0.3 is 4.57 Å². The number of alkyl halides is 1. The molecule has 0 bridgehead atoms. The first kappa shape index (κ1) is 13.3. The van der Waals surface area contributed by atoms with Crippen LogP contribution in [0.1, 0.15) is 11.5 Å². The summed E-state index contributed by atoms with van der Waals surface area (Å²) in [6, 6.07) is 6.48. The minimum Gasteiger partial charge on any atom is -0.321 e. The monoisotopic (exact) mass is 310 g/mol. The molecule has 0 fully saturated rings. The number of fused-ring (bicyclic) bond motifs is 1. The van der Waals surface area contributed by atoms with Crippen LogP contribution in [0.4, 0.5) is 4.39 Å². The zero-order valence-electron chi connectivity index (χ0n) is 10.2. The van der Waals surface area contributed by atoms with Gasteiger partial charge in [-0.25, -0.2) is 9.37 Å². The molecule has 0 atom stereocenters. The van der Waals surface area contributed by atoms with Gasteiger partial charge in [-0.05, 0) is 18.2 Å². The summed E-state index contributed by atoms with van der Waals surface area (Å²) in [4.78, 5) is 4.36. The highest BCUT2D eigenvalue weighted by atomic mass is 35.5. The number of imidazole rings is 1. The number of aromatic nitrogens is 4. The van der Waals surface area contributed by atoms with Gasteiger partial charge in [-0.15, -0.1) is 11.6 Å². The third kappa shape index (κ3) is 2.34. The first-order chi connectivity index (χ1) is 9.69. The molecule has 0 unspecified atom stereocenters. The van der Waals surface area contributed by atoms with Crippen molar-refractivity contribution in [2.45, 2.75) is 12.4 Å². The summed E-state index contributed by atoms with van der Waals surface area (Å²) in [6.07, 6.45) is 1.59. The maximum absolute atomic E-state index is 13.6. The summed E-state index contributed by atoms with van der Waals surface area (Å²) < 4.78 is 15.5. The van der Waals surface area contributed by atoms with Crippen molar-refractivity contribution in [1.29, 1.82) is 0 Å². The summed E-state index contributed by atoms with van der Waals surface area (Å²) in [5.74, 6) is 0.364. The maximum Gasteiger partial charge on any atom is 0.144 e. The van der Waals surface area contributed by atoms with Crippen LogP contribution in [0.5, 0.6) is 0 Å². The highest BCUT2D eigenvalue weighted by molar-refractivity contribution is 6.31. The molecule has 3 aromatic rings. The number of rotatable bonds is 3. The Balaban J connectivity index is 2.15. The summed E-state index contributed by atoms with van der Waals surface area (Å²) in [6.45, 7) is 0.424. The van der Waals surface area contributed by atoms with Gasteiger partial charge in [0.15, 0.2) is 0 Å². The van der Waals surface area contributed by atoms with Gasteiger partial charge in [0, 0.05) is 12.3 Å². The van der Waals surface area contributed by atoms with E-state index in [1.165, 1.54) is 12.1 Å². The molecule has 0 aliphatic rings. The molecule has 102 valence electrons. The fourth-order valence-corrected chi connectivity index (χ4v) is 2.39. The lowest BCUT2D eigenvalue weighted by Gasteiger charge is -2.06. The lowest BCUT2D eigenvalue weighted by Crippen LogP contribution is -2.06. The molecule has 0 radical (unpaired) electrons. The fourth-order valence-electron chi connectivity index (χ4n) is 2.03. The molecule has 0 N–H and O–H groups in total. The molecule has 0 aliphatic carbocycles. The van der Waals surface area contributed by atoms with Crippen molar-refractivity contribution in [3.8, 4) is 0 Å². The maximum atomic E-state index is 13.6. The molecule has 7 heteroatoms. The Morgan fingerprint density at radius 2 is 2.15 bits per heavy atom. The quantitative estimate of drug-likeness (QED) is 0.696. The first-order valence-electron chi connectivity index (χ1n) is 5.85. The fraction of sp³-hybridized carbons (Fsp3) is 0.154. The van der Waals surface area contributed by atoms with Crippen LogP contribution in [0.25, 0.3) is 11.0 Å². The summed E-state index contributed by atoms with van der Waals surface area (Å²) in [5.41, 5.74) is 1.98. The van der Waals surface area contributed by atoms with Crippen LogP contribution in [0.2, 0.25) is 5.02 Å². The molecule has 1 aromatic carbocycles. The second-order valence-electron chi connectivity index (χ2n) is 4.22. The van der Waals surface area contributed by atoms with Crippen LogP contribution in [0.15, 0.2) is 30.5 Å². The summed E-state index contributed by atoms with van der Waals surface area (Å²) in [5, 5.41) is 7.88. The Kier molecular flexibility index (Phi) is 3.54. The van der Waals surface area contributed by atoms with E-state index in [0.29, 0.717) is 23.4 Å². The van der Waals surface area contributed by atoms with Crippen molar-refractivity contribution in [3.05, 3.63) is 52.8 Å². The lowest BCUT2D eigenvalue weighted by atomic mass is 10.3. The van der Waals surface area contributed by atoms with Crippen LogP contribution in [0.3, 0.4) is 0 Å². The first-order valence-corrected chi connectivity index (χ1v) is 6.77. The summed E-state index contributed by atoms with van der Waals surface area (Å²) in [7, 11) is 0. The Hall–Kier alpha value is -1.72. The smallest absolute Gasteiger partial charge is 0.144 e. The van der Waals surface area contributed by atoms with Crippen molar-refractivity contribution in [2.24, 2.45) is 0 Å². The normalized spacial score (nSPS) is 11.2. The van der Waals surface area contributed by atoms with Crippen LogP contribution in [-0.4, -0.2) is 19.7 Å². The van der Waals surface area contributed by atoms with Gasteiger partial charge in [-0.2, -0.15) is 10.2 Å². The number of nitrogens with zero attached hydrogens (tertiary/aromatic N) is 4. The molecule has 0 aliphatic heterocycles. The average Bonchev–Trinajstić information content (AvgIpc) is 2.78. The Morgan fingerprint density at radius 3 is 2.85 bits per heavy atom. The molecule has 0 spiro atoms. The molecule has 3 rings (SSSR count). The van der Waals surface area contributed by atoms with E-state index in [1.807, 2.05) is 10.6 Å².